The second-order valence-corrected chi connectivity index (χ2v) is 6.87. The lowest BCUT2D eigenvalue weighted by atomic mass is 9.73. The molecule has 1 rings (SSSR count). The summed E-state index contributed by atoms with van der Waals surface area (Å²) in [6.07, 6.45) is 10.2. The highest BCUT2D eigenvalue weighted by molar-refractivity contribution is 4.94. The average Bonchev–Trinajstić information content (AvgIpc) is 2.43. The minimum Gasteiger partial charge on any atom is -0.390 e. The van der Waals surface area contributed by atoms with Crippen molar-refractivity contribution >= 4 is 0 Å². The Morgan fingerprint density at radius 3 is 2.60 bits per heavy atom. The topological polar surface area (TPSA) is 29.5 Å². The molecular formula is C18H36O2. The van der Waals surface area contributed by atoms with Crippen LogP contribution < -0.4 is 0 Å². The molecule has 0 amide bonds. The first kappa shape index (κ1) is 18.0. The number of hydrogen-bond acceptors (Lipinski definition) is 2. The highest BCUT2D eigenvalue weighted by atomic mass is 16.5. The molecule has 0 bridgehead atoms. The summed E-state index contributed by atoms with van der Waals surface area (Å²) in [5, 5.41) is 10.8. The maximum atomic E-state index is 10.8. The van der Waals surface area contributed by atoms with Crippen molar-refractivity contribution in [1.29, 1.82) is 0 Å². The van der Waals surface area contributed by atoms with E-state index in [1.165, 1.54) is 38.5 Å². The Balaban J connectivity index is 2.64. The molecule has 0 aromatic rings. The fraction of sp³-hybridized carbons (Fsp3) is 1.00. The average molecular weight is 284 g/mol. The Hall–Kier alpha value is -0.0800. The Bertz CT molecular complexity index is 250. The fourth-order valence-electron chi connectivity index (χ4n) is 3.87. The predicted molar refractivity (Wildman–Crippen MR) is 85.9 cm³/mol. The highest BCUT2D eigenvalue weighted by Crippen LogP contribution is 2.40. The summed E-state index contributed by atoms with van der Waals surface area (Å²) in [7, 11) is 0. The normalized spacial score (nSPS) is 30.1. The van der Waals surface area contributed by atoms with E-state index in [1.54, 1.807) is 0 Å². The van der Waals surface area contributed by atoms with Gasteiger partial charge in [0.25, 0.3) is 0 Å². The molecule has 2 heteroatoms. The lowest BCUT2D eigenvalue weighted by molar-refractivity contribution is -0.153. The summed E-state index contributed by atoms with van der Waals surface area (Å²) in [6, 6.07) is 0. The van der Waals surface area contributed by atoms with Gasteiger partial charge >= 0.3 is 0 Å². The molecule has 1 fully saturated rings. The molecule has 20 heavy (non-hydrogen) atoms. The number of rotatable bonds is 9. The molecule has 1 aliphatic carbocycles. The van der Waals surface area contributed by atoms with Crippen molar-refractivity contribution in [1.82, 2.24) is 0 Å². The third-order valence-corrected chi connectivity index (χ3v) is 5.13. The van der Waals surface area contributed by atoms with Crippen LogP contribution >= 0.6 is 0 Å². The van der Waals surface area contributed by atoms with Crippen molar-refractivity contribution in [3.8, 4) is 0 Å². The largest absolute Gasteiger partial charge is 0.390 e. The molecule has 1 N–H and O–H groups in total. The summed E-state index contributed by atoms with van der Waals surface area (Å²) >= 11 is 0. The standard InChI is InChI=1S/C18H36O2/c1-5-8-11-16(6-2)13-17(19)18(20-7-3)12-9-10-15(4)14-18/h15-17,19H,5-14H2,1-4H3. The first-order valence-corrected chi connectivity index (χ1v) is 8.89. The zero-order valence-corrected chi connectivity index (χ0v) is 14.2. The van der Waals surface area contributed by atoms with Crippen molar-refractivity contribution < 1.29 is 9.84 Å². The molecule has 4 unspecified atom stereocenters. The Labute approximate surface area is 126 Å². The van der Waals surface area contributed by atoms with Crippen LogP contribution in [-0.4, -0.2) is 23.4 Å². The van der Waals surface area contributed by atoms with Gasteiger partial charge in [-0.1, -0.05) is 59.3 Å². The molecule has 0 radical (unpaired) electrons. The van der Waals surface area contributed by atoms with Crippen molar-refractivity contribution in [3.63, 3.8) is 0 Å². The lowest BCUT2D eigenvalue weighted by Crippen LogP contribution is -2.49. The van der Waals surface area contributed by atoms with Crippen LogP contribution in [0.3, 0.4) is 0 Å². The smallest absolute Gasteiger partial charge is 0.0942 e. The fourth-order valence-corrected chi connectivity index (χ4v) is 3.87. The maximum absolute atomic E-state index is 10.8. The molecule has 1 saturated carbocycles. The molecule has 0 aromatic carbocycles. The third kappa shape index (κ3) is 5.04. The number of ether oxygens (including phenoxy) is 1. The summed E-state index contributed by atoms with van der Waals surface area (Å²) in [4.78, 5) is 0. The summed E-state index contributed by atoms with van der Waals surface area (Å²) < 4.78 is 6.10. The molecule has 2 nitrogen and oxygen atoms in total. The SMILES string of the molecule is CCCCC(CC)CC(O)C1(OCC)CCCC(C)C1. The van der Waals surface area contributed by atoms with E-state index in [9.17, 15) is 5.11 Å². The summed E-state index contributed by atoms with van der Waals surface area (Å²) in [5.74, 6) is 1.33. The van der Waals surface area contributed by atoms with E-state index in [-0.39, 0.29) is 11.7 Å². The predicted octanol–water partition coefficient (Wildman–Crippen LogP) is 4.94. The zero-order valence-electron chi connectivity index (χ0n) is 14.2. The number of unbranched alkanes of at least 4 members (excludes halogenated alkanes) is 1. The second-order valence-electron chi connectivity index (χ2n) is 6.87. The van der Waals surface area contributed by atoms with E-state index in [2.05, 4.69) is 27.7 Å². The number of aliphatic hydroxyl groups excluding tert-OH is 1. The van der Waals surface area contributed by atoms with Crippen LogP contribution in [0.1, 0.15) is 85.5 Å². The van der Waals surface area contributed by atoms with Gasteiger partial charge in [0.2, 0.25) is 0 Å². The van der Waals surface area contributed by atoms with Gasteiger partial charge in [-0.15, -0.1) is 0 Å². The number of aliphatic hydroxyl groups is 1. The van der Waals surface area contributed by atoms with Gasteiger partial charge in [-0.05, 0) is 38.0 Å². The Kier molecular flexibility index (Phi) is 8.13. The highest BCUT2D eigenvalue weighted by Gasteiger charge is 2.42. The molecule has 0 saturated heterocycles. The quantitative estimate of drug-likeness (QED) is 0.650. The Morgan fingerprint density at radius 2 is 2.05 bits per heavy atom. The van der Waals surface area contributed by atoms with Crippen molar-refractivity contribution in [3.05, 3.63) is 0 Å². The van der Waals surface area contributed by atoms with E-state index in [0.717, 1.165) is 25.9 Å². The minimum absolute atomic E-state index is 0.258. The van der Waals surface area contributed by atoms with E-state index >= 15 is 0 Å². The van der Waals surface area contributed by atoms with Crippen molar-refractivity contribution in [2.24, 2.45) is 11.8 Å². The van der Waals surface area contributed by atoms with E-state index < -0.39 is 0 Å². The van der Waals surface area contributed by atoms with Gasteiger partial charge in [-0.25, -0.2) is 0 Å². The van der Waals surface area contributed by atoms with Gasteiger partial charge in [-0.3, -0.25) is 0 Å². The van der Waals surface area contributed by atoms with Crippen LogP contribution in [0.5, 0.6) is 0 Å². The van der Waals surface area contributed by atoms with Crippen molar-refractivity contribution in [2.45, 2.75) is 97.2 Å². The molecule has 0 aromatic heterocycles. The molecule has 120 valence electrons. The first-order valence-electron chi connectivity index (χ1n) is 8.89. The van der Waals surface area contributed by atoms with Gasteiger partial charge in [-0.2, -0.15) is 0 Å². The minimum atomic E-state index is -0.285. The van der Waals surface area contributed by atoms with Crippen LogP contribution in [-0.2, 0) is 4.74 Å². The molecule has 0 spiro atoms. The van der Waals surface area contributed by atoms with Gasteiger partial charge in [0.05, 0.1) is 11.7 Å². The maximum Gasteiger partial charge on any atom is 0.0942 e. The Morgan fingerprint density at radius 1 is 1.30 bits per heavy atom. The molecule has 0 aliphatic heterocycles. The van der Waals surface area contributed by atoms with Gasteiger partial charge in [0.1, 0.15) is 0 Å². The van der Waals surface area contributed by atoms with Gasteiger partial charge in [0.15, 0.2) is 0 Å². The molecule has 0 heterocycles. The summed E-state index contributed by atoms with van der Waals surface area (Å²) in [6.45, 7) is 9.57. The lowest BCUT2D eigenvalue weighted by Gasteiger charge is -2.44. The van der Waals surface area contributed by atoms with Crippen LogP contribution in [0.15, 0.2) is 0 Å². The summed E-state index contributed by atoms with van der Waals surface area (Å²) in [5.41, 5.74) is -0.258. The third-order valence-electron chi connectivity index (χ3n) is 5.13. The van der Waals surface area contributed by atoms with E-state index in [1.807, 2.05) is 0 Å². The first-order chi connectivity index (χ1) is 9.57. The van der Waals surface area contributed by atoms with Gasteiger partial charge in [0, 0.05) is 6.61 Å². The van der Waals surface area contributed by atoms with Crippen LogP contribution in [0.2, 0.25) is 0 Å². The zero-order chi connectivity index (χ0) is 15.0. The van der Waals surface area contributed by atoms with Crippen LogP contribution in [0.4, 0.5) is 0 Å². The molecule has 1 aliphatic rings. The monoisotopic (exact) mass is 284 g/mol. The molecule has 4 atom stereocenters. The number of hydrogen-bond donors (Lipinski definition) is 1. The van der Waals surface area contributed by atoms with Crippen LogP contribution in [0, 0.1) is 11.8 Å². The van der Waals surface area contributed by atoms with Crippen molar-refractivity contribution in [2.75, 3.05) is 6.61 Å². The van der Waals surface area contributed by atoms with Crippen LogP contribution in [0.25, 0.3) is 0 Å². The second kappa shape index (κ2) is 9.04. The van der Waals surface area contributed by atoms with E-state index in [0.29, 0.717) is 11.8 Å². The van der Waals surface area contributed by atoms with Gasteiger partial charge < -0.3 is 9.84 Å². The molecular weight excluding hydrogens is 248 g/mol. The van der Waals surface area contributed by atoms with E-state index in [4.69, 9.17) is 4.74 Å².